The average Bonchev–Trinajstić information content (AvgIpc) is 3.25. The lowest BCUT2D eigenvalue weighted by atomic mass is 10.1. The monoisotopic (exact) mass is 618 g/mol. The molecule has 4 heterocycles. The molecule has 7 atom stereocenters. The molecule has 6 rings (SSSR count). The van der Waals surface area contributed by atoms with Crippen molar-refractivity contribution in [3.8, 4) is 5.75 Å². The molecular weight excluding hydrogens is 583 g/mol. The number of ether oxygens (including phenoxy) is 3. The number of hydrogen-bond acceptors (Lipinski definition) is 13. The van der Waals surface area contributed by atoms with Crippen LogP contribution >= 0.6 is 7.75 Å². The number of carbonyl (C=O) groups excluding carboxylic acids is 1. The van der Waals surface area contributed by atoms with Gasteiger partial charge in [-0.25, -0.2) is 14.1 Å². The molecule has 2 saturated heterocycles. The van der Waals surface area contributed by atoms with E-state index < -0.39 is 49.8 Å². The summed E-state index contributed by atoms with van der Waals surface area (Å²) in [6.07, 6.45) is -2.78. The van der Waals surface area contributed by atoms with Gasteiger partial charge in [0.15, 0.2) is 11.4 Å². The summed E-state index contributed by atoms with van der Waals surface area (Å²) < 4.78 is 43.7. The predicted octanol–water partition coefficient (Wildman–Crippen LogP) is 0.673. The number of anilines is 1. The van der Waals surface area contributed by atoms with Gasteiger partial charge in [-0.2, -0.15) is 10.2 Å². The van der Waals surface area contributed by atoms with E-state index in [0.29, 0.717) is 30.8 Å². The van der Waals surface area contributed by atoms with Crippen molar-refractivity contribution in [3.05, 3.63) is 54.5 Å². The Bertz CT molecular complexity index is 1490. The predicted molar refractivity (Wildman–Crippen MR) is 151 cm³/mol. The number of benzene rings is 1. The highest BCUT2D eigenvalue weighted by Crippen LogP contribution is 2.61. The van der Waals surface area contributed by atoms with Crippen molar-refractivity contribution >= 4 is 25.1 Å². The molecular formula is C27H35N6O9P. The molecule has 0 amide bonds. The number of nitrogens with one attached hydrogen (secondary N) is 1. The minimum atomic E-state index is -4.32. The first-order chi connectivity index (χ1) is 20.7. The number of hydrogen-bond donors (Lipinski definition) is 4. The Hall–Kier alpha value is -3.14. The van der Waals surface area contributed by atoms with Crippen LogP contribution < -0.4 is 15.3 Å². The Morgan fingerprint density at radius 3 is 2.74 bits per heavy atom. The Balaban J connectivity index is 1.10. The van der Waals surface area contributed by atoms with Crippen LogP contribution in [0.5, 0.6) is 5.75 Å². The highest BCUT2D eigenvalue weighted by atomic mass is 31.2. The molecule has 43 heavy (non-hydrogen) atoms. The molecule has 0 radical (unpaired) electrons. The Labute approximate surface area is 247 Å². The number of aliphatic hydroxyl groups excluding tert-OH is 1. The molecule has 3 fully saturated rings. The summed E-state index contributed by atoms with van der Waals surface area (Å²) in [6.45, 7) is 5.47. The molecule has 1 aliphatic carbocycles. The number of rotatable bonds is 12. The van der Waals surface area contributed by atoms with Crippen LogP contribution in [-0.2, 0) is 28.1 Å². The van der Waals surface area contributed by atoms with Crippen LogP contribution in [0.4, 0.5) is 5.82 Å². The molecule has 2 unspecified atom stereocenters. The third-order valence-corrected chi connectivity index (χ3v) is 9.49. The summed E-state index contributed by atoms with van der Waals surface area (Å²) in [5, 5.41) is 29.2. The van der Waals surface area contributed by atoms with E-state index in [-0.39, 0.29) is 18.2 Å². The van der Waals surface area contributed by atoms with E-state index in [4.69, 9.17) is 29.0 Å². The SMILES string of the molecule is C[C@H](NP(=O)(Oc1ccccc1)OC1[C@H]2O[C@@H](c3ccc4c(N)ncnn34)[C@H](O)[C@@]12O)C(=O)OCCCN1CCOCC1. The van der Waals surface area contributed by atoms with Crippen molar-refractivity contribution in [2.45, 2.75) is 49.4 Å². The zero-order valence-corrected chi connectivity index (χ0v) is 24.4. The Kier molecular flexibility index (Phi) is 8.41. The molecule has 3 aliphatic rings. The summed E-state index contributed by atoms with van der Waals surface area (Å²) in [6, 6.07) is 10.5. The van der Waals surface area contributed by atoms with Crippen LogP contribution in [0.25, 0.3) is 5.52 Å². The van der Waals surface area contributed by atoms with Crippen LogP contribution in [0.15, 0.2) is 48.8 Å². The number of aliphatic hydroxyl groups is 2. The lowest BCUT2D eigenvalue weighted by molar-refractivity contribution is -0.145. The second-order valence-electron chi connectivity index (χ2n) is 10.8. The van der Waals surface area contributed by atoms with Crippen LogP contribution in [0.1, 0.15) is 25.1 Å². The third-order valence-electron chi connectivity index (χ3n) is 7.83. The first-order valence-electron chi connectivity index (χ1n) is 14.1. The molecule has 1 saturated carbocycles. The van der Waals surface area contributed by atoms with Crippen LogP contribution in [0.3, 0.4) is 0 Å². The number of nitrogen functional groups attached to an aromatic ring is 1. The number of morpholine rings is 1. The quantitative estimate of drug-likeness (QED) is 0.126. The van der Waals surface area contributed by atoms with Gasteiger partial charge in [0.1, 0.15) is 48.1 Å². The summed E-state index contributed by atoms with van der Waals surface area (Å²) in [7, 11) is -4.32. The molecule has 15 nitrogen and oxygen atoms in total. The van der Waals surface area contributed by atoms with Gasteiger partial charge in [-0.3, -0.25) is 14.2 Å². The first kappa shape index (κ1) is 29.9. The average molecular weight is 619 g/mol. The summed E-state index contributed by atoms with van der Waals surface area (Å²) in [5.74, 6) is -0.193. The van der Waals surface area contributed by atoms with E-state index in [9.17, 15) is 19.6 Å². The van der Waals surface area contributed by atoms with Crippen LogP contribution in [0.2, 0.25) is 0 Å². The van der Waals surface area contributed by atoms with E-state index in [1.54, 1.807) is 42.5 Å². The normalized spacial score (nSPS) is 29.1. The molecule has 5 N–H and O–H groups in total. The van der Waals surface area contributed by atoms with E-state index in [2.05, 4.69) is 20.1 Å². The lowest BCUT2D eigenvalue weighted by Crippen LogP contribution is -2.39. The van der Waals surface area contributed by atoms with Gasteiger partial charge in [0.2, 0.25) is 0 Å². The second-order valence-corrected chi connectivity index (χ2v) is 12.4. The molecule has 0 spiro atoms. The fraction of sp³-hybridized carbons (Fsp3) is 0.519. The number of esters is 1. The maximum absolute atomic E-state index is 14.0. The number of aromatic nitrogens is 3. The fourth-order valence-corrected chi connectivity index (χ4v) is 7.15. The van der Waals surface area contributed by atoms with Gasteiger partial charge in [-0.15, -0.1) is 0 Å². The summed E-state index contributed by atoms with van der Waals surface area (Å²) in [5.41, 5.74) is 4.98. The molecule has 2 aromatic heterocycles. The minimum Gasteiger partial charge on any atom is -0.464 e. The Morgan fingerprint density at radius 2 is 2.02 bits per heavy atom. The van der Waals surface area contributed by atoms with E-state index in [0.717, 1.165) is 19.6 Å². The molecule has 3 aromatic rings. The highest BCUT2D eigenvalue weighted by molar-refractivity contribution is 7.52. The number of para-hydroxylation sites is 1. The molecule has 2 aliphatic heterocycles. The summed E-state index contributed by atoms with van der Waals surface area (Å²) in [4.78, 5) is 18.9. The van der Waals surface area contributed by atoms with Crippen LogP contribution in [-0.4, -0.2) is 105 Å². The highest BCUT2D eigenvalue weighted by Gasteiger charge is 2.79. The van der Waals surface area contributed by atoms with Crippen LogP contribution in [0, 0.1) is 0 Å². The van der Waals surface area contributed by atoms with Crippen molar-refractivity contribution in [2.24, 2.45) is 0 Å². The van der Waals surface area contributed by atoms with Crippen molar-refractivity contribution < 1.29 is 42.8 Å². The number of nitrogens with two attached hydrogens (primary N) is 1. The van der Waals surface area contributed by atoms with E-state index in [1.807, 2.05) is 0 Å². The minimum absolute atomic E-state index is 0.184. The van der Waals surface area contributed by atoms with Gasteiger partial charge < -0.3 is 34.7 Å². The smallest absolute Gasteiger partial charge is 0.459 e. The molecule has 1 aromatic carbocycles. The number of carbonyl (C=O) groups is 1. The van der Waals surface area contributed by atoms with Gasteiger partial charge in [0.05, 0.1) is 25.5 Å². The first-order valence-corrected chi connectivity index (χ1v) is 15.7. The van der Waals surface area contributed by atoms with Gasteiger partial charge in [0.25, 0.3) is 0 Å². The van der Waals surface area contributed by atoms with E-state index >= 15 is 0 Å². The second kappa shape index (κ2) is 12.1. The van der Waals surface area contributed by atoms with Gasteiger partial charge in [-0.05, 0) is 37.6 Å². The fourth-order valence-electron chi connectivity index (χ4n) is 5.43. The topological polar surface area (TPSA) is 192 Å². The van der Waals surface area contributed by atoms with E-state index in [1.165, 1.54) is 17.8 Å². The van der Waals surface area contributed by atoms with Crippen molar-refractivity contribution in [1.82, 2.24) is 24.6 Å². The maximum Gasteiger partial charge on any atom is 0.459 e. The largest absolute Gasteiger partial charge is 0.464 e. The zero-order valence-electron chi connectivity index (χ0n) is 23.5. The molecule has 16 heteroatoms. The zero-order chi connectivity index (χ0) is 30.2. The van der Waals surface area contributed by atoms with Crippen molar-refractivity contribution in [1.29, 1.82) is 0 Å². The molecule has 232 valence electrons. The molecule has 0 bridgehead atoms. The van der Waals surface area contributed by atoms with Gasteiger partial charge >= 0.3 is 13.7 Å². The third kappa shape index (κ3) is 5.99. The van der Waals surface area contributed by atoms with Crippen molar-refractivity contribution in [3.63, 3.8) is 0 Å². The number of fused-ring (bicyclic) bond motifs is 2. The maximum atomic E-state index is 14.0. The van der Waals surface area contributed by atoms with Crippen molar-refractivity contribution in [2.75, 3.05) is 45.2 Å². The number of nitrogens with zero attached hydrogens (tertiary/aromatic N) is 4. The van der Waals surface area contributed by atoms with Gasteiger partial charge in [-0.1, -0.05) is 18.2 Å². The lowest BCUT2D eigenvalue weighted by Gasteiger charge is -2.27. The standard InChI is InChI=1S/C27H35N6O9P/c1-17(26(35)39-13-5-10-32-11-14-38-15-12-32)31-43(37,41-18-6-3-2-4-7-18)42-24-23-27(24,36)22(34)21(40-23)19-8-9-20-25(28)29-16-30-33(19)20/h2-4,6-9,16-17,21-24,34,36H,5,10-15H2,1H3,(H,31,37)(H2,28,29,30)/t17-,21-,22-,23+,24?,27-,43?/m0/s1. The summed E-state index contributed by atoms with van der Waals surface area (Å²) >= 11 is 0. The Morgan fingerprint density at radius 1 is 1.26 bits per heavy atom. The van der Waals surface area contributed by atoms with Gasteiger partial charge in [0, 0.05) is 19.6 Å².